The zero-order valence-electron chi connectivity index (χ0n) is 5.94. The molecule has 5 heteroatoms. The topological polar surface area (TPSA) is 22.1 Å². The van der Waals surface area contributed by atoms with Gasteiger partial charge in [-0.1, -0.05) is 11.8 Å². The van der Waals surface area contributed by atoms with E-state index < -0.39 is 0 Å². The predicted octanol–water partition coefficient (Wildman–Crippen LogP) is 2.31. The molecule has 0 aliphatic rings. The molecular formula is C6H7NOS3. The van der Waals surface area contributed by atoms with E-state index >= 15 is 0 Å². The Morgan fingerprint density at radius 3 is 3.27 bits per heavy atom. The Labute approximate surface area is 79.0 Å². The number of hydrogen-bond donors (Lipinski definition) is 0. The van der Waals surface area contributed by atoms with Crippen molar-refractivity contribution in [3.05, 3.63) is 16.6 Å². The minimum Gasteiger partial charge on any atom is -0.482 e. The fraction of sp³-hybridized carbons (Fsp3) is 0.333. The maximum absolute atomic E-state index is 4.85. The van der Waals surface area contributed by atoms with Crippen LogP contribution in [-0.4, -0.2) is 16.5 Å². The van der Waals surface area contributed by atoms with Gasteiger partial charge in [-0.15, -0.1) is 11.3 Å². The van der Waals surface area contributed by atoms with Crippen molar-refractivity contribution in [2.24, 2.45) is 0 Å². The average molecular weight is 205 g/mol. The van der Waals surface area contributed by atoms with Gasteiger partial charge in [0.25, 0.3) is 0 Å². The Kier molecular flexibility index (Phi) is 3.82. The van der Waals surface area contributed by atoms with Gasteiger partial charge in [-0.05, 0) is 12.2 Å². The first-order valence-electron chi connectivity index (χ1n) is 2.92. The third-order valence-corrected chi connectivity index (χ3v) is 3.27. The first-order valence-corrected chi connectivity index (χ1v) is 5.19. The summed E-state index contributed by atoms with van der Waals surface area (Å²) >= 11 is 7.97. The molecule has 0 amide bonds. The van der Waals surface area contributed by atoms with Crippen LogP contribution in [0.1, 0.15) is 5.01 Å². The maximum atomic E-state index is 4.85. The molecule has 0 N–H and O–H groups in total. The molecule has 0 aromatic carbocycles. The summed E-state index contributed by atoms with van der Waals surface area (Å²) in [7, 11) is 1.58. The third kappa shape index (κ3) is 3.18. The van der Waals surface area contributed by atoms with E-state index in [0.717, 1.165) is 10.8 Å². The van der Waals surface area contributed by atoms with Crippen molar-refractivity contribution in [1.82, 2.24) is 4.98 Å². The average Bonchev–Trinajstić information content (AvgIpc) is 2.52. The lowest BCUT2D eigenvalue weighted by atomic mass is 10.8. The van der Waals surface area contributed by atoms with E-state index in [2.05, 4.69) is 4.98 Å². The van der Waals surface area contributed by atoms with E-state index in [4.69, 9.17) is 17.0 Å². The lowest BCUT2D eigenvalue weighted by Crippen LogP contribution is -1.90. The second-order valence-corrected chi connectivity index (χ2v) is 4.23. The third-order valence-electron chi connectivity index (χ3n) is 0.964. The molecule has 0 unspecified atom stereocenters. The van der Waals surface area contributed by atoms with E-state index in [1.54, 1.807) is 24.6 Å². The molecule has 0 bridgehead atoms. The lowest BCUT2D eigenvalue weighted by Gasteiger charge is -1.97. The van der Waals surface area contributed by atoms with Crippen molar-refractivity contribution in [3.8, 4) is 0 Å². The molecular weight excluding hydrogens is 198 g/mol. The molecule has 1 aromatic rings. The van der Waals surface area contributed by atoms with Gasteiger partial charge < -0.3 is 4.74 Å². The Morgan fingerprint density at radius 1 is 1.91 bits per heavy atom. The van der Waals surface area contributed by atoms with Crippen LogP contribution in [0.15, 0.2) is 11.6 Å². The van der Waals surface area contributed by atoms with Gasteiger partial charge in [-0.3, -0.25) is 0 Å². The zero-order chi connectivity index (χ0) is 8.10. The zero-order valence-corrected chi connectivity index (χ0v) is 8.39. The van der Waals surface area contributed by atoms with Crippen LogP contribution in [0.5, 0.6) is 0 Å². The van der Waals surface area contributed by atoms with Crippen molar-refractivity contribution in [2.75, 3.05) is 7.11 Å². The molecule has 1 heterocycles. The molecule has 0 aliphatic heterocycles. The molecule has 0 fully saturated rings. The van der Waals surface area contributed by atoms with Crippen LogP contribution >= 0.6 is 35.3 Å². The largest absolute Gasteiger partial charge is 0.482 e. The molecule has 0 radical (unpaired) electrons. The summed E-state index contributed by atoms with van der Waals surface area (Å²) in [5, 5.41) is 3.03. The summed E-state index contributed by atoms with van der Waals surface area (Å²) in [6.45, 7) is 0. The molecule has 2 nitrogen and oxygen atoms in total. The Bertz CT molecular complexity index is 222. The predicted molar refractivity (Wildman–Crippen MR) is 53.0 cm³/mol. The first kappa shape index (κ1) is 8.96. The lowest BCUT2D eigenvalue weighted by molar-refractivity contribution is 0.426. The highest BCUT2D eigenvalue weighted by molar-refractivity contribution is 8.22. The molecule has 0 saturated heterocycles. The number of rotatable bonds is 2. The quantitative estimate of drug-likeness (QED) is 0.691. The fourth-order valence-electron chi connectivity index (χ4n) is 0.504. The van der Waals surface area contributed by atoms with Crippen molar-refractivity contribution in [3.63, 3.8) is 0 Å². The van der Waals surface area contributed by atoms with Gasteiger partial charge in [0.15, 0.2) is 0 Å². The van der Waals surface area contributed by atoms with Crippen LogP contribution in [0.25, 0.3) is 0 Å². The second kappa shape index (κ2) is 4.69. The van der Waals surface area contributed by atoms with E-state index in [-0.39, 0.29) is 0 Å². The SMILES string of the molecule is COC(=S)SCc1nccs1. The Balaban J connectivity index is 2.29. The normalized spacial score (nSPS) is 9.55. The van der Waals surface area contributed by atoms with E-state index in [1.165, 1.54) is 11.8 Å². The molecule has 1 aromatic heterocycles. The number of ether oxygens (including phenoxy) is 1. The fourth-order valence-corrected chi connectivity index (χ4v) is 1.96. The highest BCUT2D eigenvalue weighted by atomic mass is 32.2. The van der Waals surface area contributed by atoms with E-state index in [1.807, 2.05) is 5.38 Å². The number of thiazole rings is 1. The number of methoxy groups -OCH3 is 1. The van der Waals surface area contributed by atoms with Gasteiger partial charge >= 0.3 is 0 Å². The summed E-state index contributed by atoms with van der Waals surface area (Å²) in [6.07, 6.45) is 1.79. The van der Waals surface area contributed by atoms with Crippen molar-refractivity contribution in [1.29, 1.82) is 0 Å². The Morgan fingerprint density at radius 2 is 2.73 bits per heavy atom. The van der Waals surface area contributed by atoms with E-state index in [9.17, 15) is 0 Å². The molecule has 0 aliphatic carbocycles. The van der Waals surface area contributed by atoms with Crippen molar-refractivity contribution < 1.29 is 4.74 Å². The minimum absolute atomic E-state index is 0.570. The smallest absolute Gasteiger partial charge is 0.220 e. The minimum atomic E-state index is 0.570. The first-order chi connectivity index (χ1) is 5.33. The van der Waals surface area contributed by atoms with Crippen LogP contribution in [0, 0.1) is 0 Å². The molecule has 11 heavy (non-hydrogen) atoms. The van der Waals surface area contributed by atoms with Gasteiger partial charge in [0.1, 0.15) is 5.01 Å². The molecule has 0 atom stereocenters. The van der Waals surface area contributed by atoms with Gasteiger partial charge in [-0.2, -0.15) is 0 Å². The molecule has 60 valence electrons. The second-order valence-electron chi connectivity index (χ2n) is 1.67. The number of thiocarbonyl (C=S) groups is 1. The monoisotopic (exact) mass is 205 g/mol. The van der Waals surface area contributed by atoms with Gasteiger partial charge in [-0.25, -0.2) is 4.98 Å². The van der Waals surface area contributed by atoms with Crippen molar-refractivity contribution in [2.45, 2.75) is 5.75 Å². The standard InChI is InChI=1S/C6H7NOS3/c1-8-6(9)11-4-5-7-2-3-10-5/h2-3H,4H2,1H3. The van der Waals surface area contributed by atoms with Crippen molar-refractivity contribution >= 4 is 39.7 Å². The Hall–Kier alpha value is -0.130. The van der Waals surface area contributed by atoms with Crippen LogP contribution in [0.2, 0.25) is 0 Å². The van der Waals surface area contributed by atoms with Gasteiger partial charge in [0.05, 0.1) is 12.9 Å². The molecule has 0 saturated carbocycles. The molecule has 1 rings (SSSR count). The number of nitrogens with zero attached hydrogens (tertiary/aromatic N) is 1. The summed E-state index contributed by atoms with van der Waals surface area (Å²) < 4.78 is 5.39. The number of thioether (sulfide) groups is 1. The number of hydrogen-bond acceptors (Lipinski definition) is 5. The number of aromatic nitrogens is 1. The summed E-state index contributed by atoms with van der Waals surface area (Å²) in [5.41, 5.74) is 0. The summed E-state index contributed by atoms with van der Waals surface area (Å²) in [5.74, 6) is 0.810. The van der Waals surface area contributed by atoms with Crippen LogP contribution < -0.4 is 0 Å². The van der Waals surface area contributed by atoms with E-state index in [0.29, 0.717) is 4.38 Å². The summed E-state index contributed by atoms with van der Waals surface area (Å²) in [4.78, 5) is 4.10. The highest BCUT2D eigenvalue weighted by Gasteiger charge is 1.99. The van der Waals surface area contributed by atoms with Crippen LogP contribution in [0.4, 0.5) is 0 Å². The maximum Gasteiger partial charge on any atom is 0.220 e. The van der Waals surface area contributed by atoms with Gasteiger partial charge in [0, 0.05) is 11.6 Å². The molecule has 0 spiro atoms. The highest BCUT2D eigenvalue weighted by Crippen LogP contribution is 2.15. The summed E-state index contributed by atoms with van der Waals surface area (Å²) in [6, 6.07) is 0. The van der Waals surface area contributed by atoms with Gasteiger partial charge in [0.2, 0.25) is 4.38 Å². The van der Waals surface area contributed by atoms with Crippen LogP contribution in [-0.2, 0) is 10.5 Å². The van der Waals surface area contributed by atoms with Crippen LogP contribution in [0.3, 0.4) is 0 Å².